The topological polar surface area (TPSA) is 144 Å². The minimum atomic E-state index is -1.08. The number of aromatic nitrogens is 1. The minimum Gasteiger partial charge on any atom is -0.480 e. The lowest BCUT2D eigenvalue weighted by atomic mass is 9.99. The Morgan fingerprint density at radius 2 is 1.75 bits per heavy atom. The maximum atomic E-state index is 12.4. The third-order valence-electron chi connectivity index (χ3n) is 4.97. The van der Waals surface area contributed by atoms with Gasteiger partial charge in [0, 0.05) is 29.6 Å². The third kappa shape index (κ3) is 5.77. The zero-order valence-electron chi connectivity index (χ0n) is 17.7. The number of aliphatic imine (C=N–C) groups is 1. The van der Waals surface area contributed by atoms with Crippen molar-refractivity contribution in [2.75, 3.05) is 0 Å². The predicted molar refractivity (Wildman–Crippen MR) is 123 cm³/mol. The zero-order valence-corrected chi connectivity index (χ0v) is 17.7. The van der Waals surface area contributed by atoms with Crippen LogP contribution in [0.5, 0.6) is 0 Å². The molecule has 0 aliphatic carbocycles. The maximum Gasteiger partial charge on any atom is 0.320 e. The first-order valence-corrected chi connectivity index (χ1v) is 10.0. The molecule has 0 radical (unpaired) electrons. The number of hydrogen-bond acceptors (Lipinski definition) is 4. The van der Waals surface area contributed by atoms with Gasteiger partial charge in [-0.25, -0.2) is 0 Å². The highest BCUT2D eigenvalue weighted by atomic mass is 16.4. The number of rotatable bonds is 7. The average Bonchev–Trinajstić information content (AvgIpc) is 2.78. The molecule has 1 atom stereocenters. The van der Waals surface area contributed by atoms with Crippen molar-refractivity contribution in [1.29, 1.82) is 0 Å². The van der Waals surface area contributed by atoms with E-state index in [0.29, 0.717) is 17.7 Å². The van der Waals surface area contributed by atoms with Crippen LogP contribution in [0.2, 0.25) is 0 Å². The highest BCUT2D eigenvalue weighted by Crippen LogP contribution is 2.25. The number of nitrogens with zero attached hydrogens (tertiary/aromatic N) is 2. The Morgan fingerprint density at radius 3 is 2.44 bits per heavy atom. The molecule has 164 valence electrons. The number of carbonyl (C=O) groups is 2. The lowest BCUT2D eigenvalue weighted by Crippen LogP contribution is -2.32. The Morgan fingerprint density at radius 1 is 1.06 bits per heavy atom. The SMILES string of the molecule is Cc1ncccc1-c1ccccc1CN/C(N)=N/C(=O)c1ccc(C[C@H](N)C(=O)O)cc1. The van der Waals surface area contributed by atoms with Crippen LogP contribution in [-0.4, -0.2) is 34.0 Å². The summed E-state index contributed by atoms with van der Waals surface area (Å²) in [6, 6.07) is 17.2. The van der Waals surface area contributed by atoms with E-state index in [1.54, 1.807) is 30.5 Å². The van der Waals surface area contributed by atoms with E-state index >= 15 is 0 Å². The quantitative estimate of drug-likeness (QED) is 0.332. The van der Waals surface area contributed by atoms with Gasteiger partial charge in [-0.15, -0.1) is 0 Å². The molecule has 6 N–H and O–H groups in total. The first kappa shape index (κ1) is 22.6. The van der Waals surface area contributed by atoms with Crippen molar-refractivity contribution in [2.24, 2.45) is 16.5 Å². The average molecular weight is 431 g/mol. The second-order valence-corrected chi connectivity index (χ2v) is 7.30. The van der Waals surface area contributed by atoms with Crippen LogP contribution in [0.15, 0.2) is 71.9 Å². The van der Waals surface area contributed by atoms with Crippen molar-refractivity contribution < 1.29 is 14.7 Å². The summed E-state index contributed by atoms with van der Waals surface area (Å²) in [7, 11) is 0. The van der Waals surface area contributed by atoms with Crippen molar-refractivity contribution in [1.82, 2.24) is 10.3 Å². The van der Waals surface area contributed by atoms with Crippen LogP contribution in [0.1, 0.15) is 27.2 Å². The Bertz CT molecular complexity index is 1140. The van der Waals surface area contributed by atoms with Gasteiger partial charge in [0.1, 0.15) is 6.04 Å². The number of carbonyl (C=O) groups excluding carboxylic acids is 1. The molecule has 0 saturated carbocycles. The fourth-order valence-electron chi connectivity index (χ4n) is 3.23. The smallest absolute Gasteiger partial charge is 0.320 e. The van der Waals surface area contributed by atoms with E-state index in [9.17, 15) is 9.59 Å². The summed E-state index contributed by atoms with van der Waals surface area (Å²) in [5.74, 6) is -1.57. The van der Waals surface area contributed by atoms with E-state index in [2.05, 4.69) is 15.3 Å². The molecule has 1 heterocycles. The van der Waals surface area contributed by atoms with E-state index in [4.69, 9.17) is 16.6 Å². The molecule has 1 amide bonds. The summed E-state index contributed by atoms with van der Waals surface area (Å²) in [6.07, 6.45) is 1.93. The summed E-state index contributed by atoms with van der Waals surface area (Å²) < 4.78 is 0. The van der Waals surface area contributed by atoms with Crippen LogP contribution in [0.3, 0.4) is 0 Å². The van der Waals surface area contributed by atoms with E-state index < -0.39 is 17.9 Å². The lowest BCUT2D eigenvalue weighted by molar-refractivity contribution is -0.138. The first-order chi connectivity index (χ1) is 15.3. The first-order valence-electron chi connectivity index (χ1n) is 10.0. The number of benzene rings is 2. The van der Waals surface area contributed by atoms with Gasteiger partial charge in [0.2, 0.25) is 0 Å². The van der Waals surface area contributed by atoms with Crippen molar-refractivity contribution >= 4 is 17.8 Å². The number of pyridine rings is 1. The molecule has 1 aromatic heterocycles. The summed E-state index contributed by atoms with van der Waals surface area (Å²) in [6.45, 7) is 2.34. The number of aryl methyl sites for hydroxylation is 1. The van der Waals surface area contributed by atoms with E-state index in [1.165, 1.54) is 0 Å². The van der Waals surface area contributed by atoms with Crippen LogP contribution < -0.4 is 16.8 Å². The van der Waals surface area contributed by atoms with Gasteiger partial charge < -0.3 is 21.9 Å². The largest absolute Gasteiger partial charge is 0.480 e. The second-order valence-electron chi connectivity index (χ2n) is 7.30. The zero-order chi connectivity index (χ0) is 23.1. The van der Waals surface area contributed by atoms with Crippen LogP contribution in [0, 0.1) is 6.92 Å². The molecule has 8 nitrogen and oxygen atoms in total. The van der Waals surface area contributed by atoms with Gasteiger partial charge in [-0.3, -0.25) is 14.6 Å². The summed E-state index contributed by atoms with van der Waals surface area (Å²) >= 11 is 0. The molecule has 8 heteroatoms. The molecule has 0 fully saturated rings. The number of guanidine groups is 1. The normalized spacial score (nSPS) is 12.2. The number of carboxylic acids is 1. The number of nitrogens with two attached hydrogens (primary N) is 2. The molecule has 0 aliphatic rings. The molecule has 0 spiro atoms. The maximum absolute atomic E-state index is 12.4. The lowest BCUT2D eigenvalue weighted by Gasteiger charge is -2.12. The molecule has 2 aromatic carbocycles. The van der Waals surface area contributed by atoms with Crippen LogP contribution in [-0.2, 0) is 17.8 Å². The van der Waals surface area contributed by atoms with Crippen molar-refractivity contribution in [3.05, 3.63) is 89.2 Å². The second kappa shape index (κ2) is 10.3. The summed E-state index contributed by atoms with van der Waals surface area (Å²) in [5.41, 5.74) is 16.5. The molecule has 0 aliphatic heterocycles. The van der Waals surface area contributed by atoms with Gasteiger partial charge in [0.15, 0.2) is 5.96 Å². The molecular formula is C24H25N5O3. The molecule has 3 rings (SSSR count). The molecular weight excluding hydrogens is 406 g/mol. The van der Waals surface area contributed by atoms with Crippen molar-refractivity contribution in [2.45, 2.75) is 25.9 Å². The van der Waals surface area contributed by atoms with Crippen LogP contribution in [0.25, 0.3) is 11.1 Å². The Balaban J connectivity index is 1.66. The molecule has 32 heavy (non-hydrogen) atoms. The van der Waals surface area contributed by atoms with E-state index in [-0.39, 0.29) is 12.4 Å². The minimum absolute atomic E-state index is 0.00434. The predicted octanol–water partition coefficient (Wildman–Crippen LogP) is 2.26. The molecule has 0 bridgehead atoms. The number of hydrogen-bond donors (Lipinski definition) is 4. The van der Waals surface area contributed by atoms with Gasteiger partial charge in [0.25, 0.3) is 5.91 Å². The van der Waals surface area contributed by atoms with Crippen molar-refractivity contribution in [3.8, 4) is 11.1 Å². The van der Waals surface area contributed by atoms with Gasteiger partial charge in [-0.2, -0.15) is 4.99 Å². The van der Waals surface area contributed by atoms with E-state index in [1.807, 2.05) is 43.3 Å². The van der Waals surface area contributed by atoms with Gasteiger partial charge in [-0.05, 0) is 48.2 Å². The molecule has 0 unspecified atom stereocenters. The highest BCUT2D eigenvalue weighted by molar-refractivity contribution is 6.02. The highest BCUT2D eigenvalue weighted by Gasteiger charge is 2.13. The van der Waals surface area contributed by atoms with Gasteiger partial charge in [0.05, 0.1) is 0 Å². The van der Waals surface area contributed by atoms with Gasteiger partial charge >= 0.3 is 5.97 Å². The molecule has 3 aromatic rings. The summed E-state index contributed by atoms with van der Waals surface area (Å²) in [5, 5.41) is 11.9. The fourth-order valence-corrected chi connectivity index (χ4v) is 3.23. The Kier molecular flexibility index (Phi) is 7.30. The fraction of sp³-hybridized carbons (Fsp3) is 0.167. The Labute approximate surface area is 186 Å². The van der Waals surface area contributed by atoms with Gasteiger partial charge in [-0.1, -0.05) is 42.5 Å². The molecule has 0 saturated heterocycles. The third-order valence-corrected chi connectivity index (χ3v) is 4.97. The van der Waals surface area contributed by atoms with E-state index in [0.717, 1.165) is 22.4 Å². The van der Waals surface area contributed by atoms with Crippen molar-refractivity contribution in [3.63, 3.8) is 0 Å². The Hall–Kier alpha value is -4.04. The van der Waals surface area contributed by atoms with Crippen LogP contribution >= 0.6 is 0 Å². The monoisotopic (exact) mass is 431 g/mol. The standard InChI is InChI=1S/C24H25N5O3/c1-15-19(7-4-12-27-15)20-6-3-2-5-18(20)14-28-24(26)29-22(30)17-10-8-16(9-11-17)13-21(25)23(31)32/h2-12,21H,13-14,25H2,1H3,(H,31,32)(H3,26,28,29,30)/t21-/m0/s1. The van der Waals surface area contributed by atoms with Crippen LogP contribution in [0.4, 0.5) is 0 Å². The number of carboxylic acid groups (broad SMARTS) is 1. The number of nitrogens with one attached hydrogen (secondary N) is 1. The number of amides is 1. The number of aliphatic carboxylic acids is 1. The summed E-state index contributed by atoms with van der Waals surface area (Å²) in [4.78, 5) is 31.5.